The lowest BCUT2D eigenvalue weighted by atomic mass is 9.80. The van der Waals surface area contributed by atoms with Crippen LogP contribution in [0.4, 0.5) is 4.39 Å². The summed E-state index contributed by atoms with van der Waals surface area (Å²) in [5.41, 5.74) is 4.03. The Morgan fingerprint density at radius 1 is 1.12 bits per heavy atom. The highest BCUT2D eigenvalue weighted by atomic mass is 19.1. The van der Waals surface area contributed by atoms with Crippen LogP contribution in [-0.2, 0) is 29.1 Å². The molecule has 0 radical (unpaired) electrons. The Labute approximate surface area is 192 Å². The Bertz CT molecular complexity index is 1200. The van der Waals surface area contributed by atoms with Crippen molar-refractivity contribution in [3.63, 3.8) is 0 Å². The lowest BCUT2D eigenvalue weighted by Gasteiger charge is -2.34. The summed E-state index contributed by atoms with van der Waals surface area (Å²) >= 11 is 0. The molecule has 172 valence electrons. The van der Waals surface area contributed by atoms with Crippen molar-refractivity contribution in [2.75, 3.05) is 6.54 Å². The van der Waals surface area contributed by atoms with Gasteiger partial charge in [-0.2, -0.15) is 0 Å². The Morgan fingerprint density at radius 2 is 1.94 bits per heavy atom. The van der Waals surface area contributed by atoms with Crippen LogP contribution in [0.25, 0.3) is 11.0 Å². The summed E-state index contributed by atoms with van der Waals surface area (Å²) in [5.74, 6) is -0.700. The zero-order chi connectivity index (χ0) is 22.9. The third-order valence-electron chi connectivity index (χ3n) is 7.21. The Hall–Kier alpha value is -3.22. The number of hydrogen-bond donors (Lipinski definition) is 1. The number of halogens is 1. The molecule has 0 spiro atoms. The molecular weight excluding hydrogens is 421 g/mol. The number of aliphatic carboxylic acids is 1. The minimum absolute atomic E-state index is 0.0317. The summed E-state index contributed by atoms with van der Waals surface area (Å²) in [6, 6.07) is 10.6. The van der Waals surface area contributed by atoms with Crippen molar-refractivity contribution in [2.24, 2.45) is 11.8 Å². The number of carbonyl (C=O) groups excluding carboxylic acids is 1. The van der Waals surface area contributed by atoms with Gasteiger partial charge in [0, 0.05) is 42.7 Å². The molecule has 33 heavy (non-hydrogen) atoms. The first kappa shape index (κ1) is 21.6. The van der Waals surface area contributed by atoms with Crippen molar-refractivity contribution in [3.8, 4) is 0 Å². The molecule has 2 aliphatic rings. The molecular formula is C26H28FN3O3. The molecule has 1 saturated carbocycles. The number of pyridine rings is 1. The van der Waals surface area contributed by atoms with Gasteiger partial charge in [0.05, 0.1) is 6.54 Å². The predicted molar refractivity (Wildman–Crippen MR) is 122 cm³/mol. The van der Waals surface area contributed by atoms with Crippen LogP contribution in [-0.4, -0.2) is 38.0 Å². The van der Waals surface area contributed by atoms with Crippen molar-refractivity contribution in [1.82, 2.24) is 14.5 Å². The highest BCUT2D eigenvalue weighted by Crippen LogP contribution is 2.35. The number of carboxylic acid groups (broad SMARTS) is 1. The fourth-order valence-corrected chi connectivity index (χ4v) is 5.56. The first-order valence-corrected chi connectivity index (χ1v) is 11.7. The van der Waals surface area contributed by atoms with E-state index in [1.54, 1.807) is 18.3 Å². The third-order valence-corrected chi connectivity index (χ3v) is 7.21. The SMILES string of the molecule is O=C(O)C[C@H]1CC[C@H](C(=O)N2CCc3c(n(Cc4cccc(F)c4)c4ncccc34)C2)CC1. The molecule has 1 aliphatic carbocycles. The summed E-state index contributed by atoms with van der Waals surface area (Å²) in [5, 5.41) is 10.1. The maximum atomic E-state index is 13.8. The van der Waals surface area contributed by atoms with Gasteiger partial charge in [0.25, 0.3) is 0 Å². The smallest absolute Gasteiger partial charge is 0.303 e. The van der Waals surface area contributed by atoms with E-state index < -0.39 is 5.97 Å². The van der Waals surface area contributed by atoms with E-state index in [1.165, 1.54) is 11.6 Å². The molecule has 1 amide bonds. The molecule has 3 aromatic rings. The predicted octanol–water partition coefficient (Wildman–Crippen LogP) is 4.39. The summed E-state index contributed by atoms with van der Waals surface area (Å²) in [4.78, 5) is 30.9. The van der Waals surface area contributed by atoms with Gasteiger partial charge in [0.2, 0.25) is 5.91 Å². The van der Waals surface area contributed by atoms with Crippen molar-refractivity contribution < 1.29 is 19.1 Å². The van der Waals surface area contributed by atoms with Gasteiger partial charge < -0.3 is 14.6 Å². The second-order valence-electron chi connectivity index (χ2n) is 9.34. The number of nitrogens with zero attached hydrogens (tertiary/aromatic N) is 3. The van der Waals surface area contributed by atoms with E-state index in [2.05, 4.69) is 15.6 Å². The number of rotatable bonds is 5. The van der Waals surface area contributed by atoms with Crippen molar-refractivity contribution >= 4 is 22.9 Å². The summed E-state index contributed by atoms with van der Waals surface area (Å²) in [6.07, 6.45) is 5.85. The molecule has 1 aliphatic heterocycles. The Kier molecular flexibility index (Phi) is 5.87. The second kappa shape index (κ2) is 8.96. The first-order valence-electron chi connectivity index (χ1n) is 11.7. The maximum absolute atomic E-state index is 13.8. The van der Waals surface area contributed by atoms with Crippen LogP contribution in [0.5, 0.6) is 0 Å². The minimum Gasteiger partial charge on any atom is -0.481 e. The second-order valence-corrected chi connectivity index (χ2v) is 9.34. The van der Waals surface area contributed by atoms with Crippen LogP contribution in [0.2, 0.25) is 0 Å². The molecule has 0 bridgehead atoms. The number of aromatic nitrogens is 2. The largest absolute Gasteiger partial charge is 0.481 e. The molecule has 5 rings (SSSR count). The van der Waals surface area contributed by atoms with E-state index in [0.29, 0.717) is 19.6 Å². The highest BCUT2D eigenvalue weighted by Gasteiger charge is 2.33. The minimum atomic E-state index is -0.756. The molecule has 1 fully saturated rings. The van der Waals surface area contributed by atoms with Gasteiger partial charge in [0.15, 0.2) is 0 Å². The Balaban J connectivity index is 1.38. The number of carboxylic acids is 1. The van der Waals surface area contributed by atoms with Gasteiger partial charge in [-0.25, -0.2) is 9.37 Å². The van der Waals surface area contributed by atoms with Gasteiger partial charge in [-0.05, 0) is 73.4 Å². The summed E-state index contributed by atoms with van der Waals surface area (Å²) in [6.45, 7) is 1.70. The van der Waals surface area contributed by atoms with E-state index in [1.807, 2.05) is 17.0 Å². The summed E-state index contributed by atoms with van der Waals surface area (Å²) < 4.78 is 15.9. The molecule has 0 saturated heterocycles. The van der Waals surface area contributed by atoms with Crippen LogP contribution in [0, 0.1) is 17.7 Å². The fourth-order valence-electron chi connectivity index (χ4n) is 5.56. The molecule has 1 aromatic carbocycles. The van der Waals surface area contributed by atoms with Crippen molar-refractivity contribution in [2.45, 2.75) is 51.6 Å². The van der Waals surface area contributed by atoms with Crippen LogP contribution < -0.4 is 0 Å². The van der Waals surface area contributed by atoms with Gasteiger partial charge in [-0.1, -0.05) is 12.1 Å². The molecule has 2 aromatic heterocycles. The lowest BCUT2D eigenvalue weighted by molar-refractivity contribution is -0.139. The number of hydrogen-bond acceptors (Lipinski definition) is 3. The van der Waals surface area contributed by atoms with E-state index in [0.717, 1.165) is 54.4 Å². The van der Waals surface area contributed by atoms with Crippen LogP contribution >= 0.6 is 0 Å². The van der Waals surface area contributed by atoms with Gasteiger partial charge in [0.1, 0.15) is 11.5 Å². The molecule has 1 N–H and O–H groups in total. The first-order chi connectivity index (χ1) is 16.0. The third kappa shape index (κ3) is 4.36. The van der Waals surface area contributed by atoms with E-state index in [-0.39, 0.29) is 30.0 Å². The van der Waals surface area contributed by atoms with Crippen LogP contribution in [0.1, 0.15) is 48.9 Å². The molecule has 6 nitrogen and oxygen atoms in total. The fraction of sp³-hybridized carbons (Fsp3) is 0.423. The zero-order valence-electron chi connectivity index (χ0n) is 18.5. The topological polar surface area (TPSA) is 75.4 Å². The van der Waals surface area contributed by atoms with Crippen LogP contribution in [0.15, 0.2) is 42.6 Å². The van der Waals surface area contributed by atoms with E-state index in [4.69, 9.17) is 5.11 Å². The Morgan fingerprint density at radius 3 is 2.70 bits per heavy atom. The molecule has 0 unspecified atom stereocenters. The van der Waals surface area contributed by atoms with E-state index >= 15 is 0 Å². The van der Waals surface area contributed by atoms with Gasteiger partial charge in [-0.15, -0.1) is 0 Å². The molecule has 0 atom stereocenters. The highest BCUT2D eigenvalue weighted by molar-refractivity contribution is 5.84. The van der Waals surface area contributed by atoms with Gasteiger partial charge >= 0.3 is 5.97 Å². The monoisotopic (exact) mass is 449 g/mol. The van der Waals surface area contributed by atoms with Gasteiger partial charge in [-0.3, -0.25) is 9.59 Å². The number of fused-ring (bicyclic) bond motifs is 3. The normalized spacial score (nSPS) is 20.6. The number of carbonyl (C=O) groups is 2. The zero-order valence-corrected chi connectivity index (χ0v) is 18.5. The average Bonchev–Trinajstić information content (AvgIpc) is 3.12. The van der Waals surface area contributed by atoms with Crippen LogP contribution in [0.3, 0.4) is 0 Å². The average molecular weight is 450 g/mol. The lowest BCUT2D eigenvalue weighted by Crippen LogP contribution is -2.41. The maximum Gasteiger partial charge on any atom is 0.303 e. The van der Waals surface area contributed by atoms with Crippen molar-refractivity contribution in [3.05, 3.63) is 65.2 Å². The quantitative estimate of drug-likeness (QED) is 0.627. The standard InChI is InChI=1S/C26H28FN3O3/c27-20-4-1-3-18(13-20)15-30-23-16-29(12-10-21(23)22-5-2-11-28-25(22)30)26(33)19-8-6-17(7-9-19)14-24(31)32/h1-5,11,13,17,19H,6-10,12,14-16H2,(H,31,32)/t17-,19-. The van der Waals surface area contributed by atoms with Crippen molar-refractivity contribution in [1.29, 1.82) is 0 Å². The summed E-state index contributed by atoms with van der Waals surface area (Å²) in [7, 11) is 0. The van der Waals surface area contributed by atoms with E-state index in [9.17, 15) is 14.0 Å². The molecule has 7 heteroatoms. The molecule has 3 heterocycles. The number of amides is 1. The number of benzene rings is 1.